The first-order valence-corrected chi connectivity index (χ1v) is 6.32. The van der Waals surface area contributed by atoms with E-state index in [1.54, 1.807) is 0 Å². The Kier molecular flexibility index (Phi) is 3.73. The second-order valence-electron chi connectivity index (χ2n) is 3.85. The van der Waals surface area contributed by atoms with Crippen LogP contribution in [0.25, 0.3) is 11.4 Å². The van der Waals surface area contributed by atoms with E-state index >= 15 is 0 Å². The molecular formula is C11H14BrN5. The van der Waals surface area contributed by atoms with Gasteiger partial charge in [0.2, 0.25) is 0 Å². The summed E-state index contributed by atoms with van der Waals surface area (Å²) in [5.74, 6) is 0.756. The first-order valence-electron chi connectivity index (χ1n) is 5.53. The fourth-order valence-electron chi connectivity index (χ4n) is 1.61. The van der Waals surface area contributed by atoms with Crippen LogP contribution >= 0.6 is 15.9 Å². The summed E-state index contributed by atoms with van der Waals surface area (Å²) >= 11 is 3.42. The van der Waals surface area contributed by atoms with Crippen LogP contribution in [0, 0.1) is 0 Å². The lowest BCUT2D eigenvalue weighted by molar-refractivity contribution is 0.557. The largest absolute Gasteiger partial charge is 0.399 e. The van der Waals surface area contributed by atoms with E-state index in [0.717, 1.165) is 35.2 Å². The quantitative estimate of drug-likeness (QED) is 0.880. The van der Waals surface area contributed by atoms with Gasteiger partial charge in [0.1, 0.15) is 0 Å². The van der Waals surface area contributed by atoms with E-state index in [1.165, 1.54) is 0 Å². The summed E-state index contributed by atoms with van der Waals surface area (Å²) in [6.45, 7) is 2.96. The van der Waals surface area contributed by atoms with Crippen molar-refractivity contribution >= 4 is 21.6 Å². The van der Waals surface area contributed by atoms with Crippen molar-refractivity contribution in [1.82, 2.24) is 20.2 Å². The Morgan fingerprint density at radius 2 is 2.18 bits per heavy atom. The molecule has 0 spiro atoms. The van der Waals surface area contributed by atoms with Crippen molar-refractivity contribution < 1.29 is 0 Å². The Morgan fingerprint density at radius 1 is 1.35 bits per heavy atom. The lowest BCUT2D eigenvalue weighted by atomic mass is 10.2. The van der Waals surface area contributed by atoms with Crippen molar-refractivity contribution in [1.29, 1.82) is 0 Å². The molecule has 2 rings (SSSR count). The molecule has 0 aliphatic heterocycles. The molecule has 1 heterocycles. The van der Waals surface area contributed by atoms with Crippen molar-refractivity contribution in [2.24, 2.45) is 0 Å². The maximum absolute atomic E-state index is 5.81. The van der Waals surface area contributed by atoms with Gasteiger partial charge < -0.3 is 5.73 Å². The van der Waals surface area contributed by atoms with Gasteiger partial charge in [-0.1, -0.05) is 29.3 Å². The van der Waals surface area contributed by atoms with Crippen LogP contribution in [0.2, 0.25) is 0 Å². The highest BCUT2D eigenvalue weighted by atomic mass is 79.9. The van der Waals surface area contributed by atoms with Gasteiger partial charge in [-0.2, -0.15) is 0 Å². The predicted octanol–water partition coefficient (Wildman–Crippen LogP) is 2.48. The number of halogens is 1. The van der Waals surface area contributed by atoms with E-state index in [-0.39, 0.29) is 0 Å². The van der Waals surface area contributed by atoms with Crippen molar-refractivity contribution in [2.45, 2.75) is 26.3 Å². The van der Waals surface area contributed by atoms with Gasteiger partial charge in [-0.15, -0.1) is 5.10 Å². The lowest BCUT2D eigenvalue weighted by Gasteiger charge is -2.05. The summed E-state index contributed by atoms with van der Waals surface area (Å²) in [7, 11) is 0. The monoisotopic (exact) mass is 295 g/mol. The maximum atomic E-state index is 5.81. The van der Waals surface area contributed by atoms with Gasteiger partial charge >= 0.3 is 0 Å². The minimum atomic E-state index is 0.694. The van der Waals surface area contributed by atoms with Crippen LogP contribution in [0.1, 0.15) is 19.8 Å². The molecule has 90 valence electrons. The highest BCUT2D eigenvalue weighted by Crippen LogP contribution is 2.24. The Morgan fingerprint density at radius 3 is 2.88 bits per heavy atom. The molecule has 2 aromatic rings. The van der Waals surface area contributed by atoms with Crippen LogP contribution in [-0.2, 0) is 6.54 Å². The van der Waals surface area contributed by atoms with E-state index in [0.29, 0.717) is 5.69 Å². The molecule has 2 N–H and O–H groups in total. The zero-order valence-corrected chi connectivity index (χ0v) is 11.2. The normalized spacial score (nSPS) is 10.7. The third-order valence-electron chi connectivity index (χ3n) is 2.43. The first kappa shape index (κ1) is 12.0. The molecule has 0 bridgehead atoms. The summed E-state index contributed by atoms with van der Waals surface area (Å²) in [5, 5.41) is 11.8. The smallest absolute Gasteiger partial charge is 0.182 e. The van der Waals surface area contributed by atoms with Gasteiger partial charge in [0, 0.05) is 22.3 Å². The number of anilines is 1. The number of nitrogen functional groups attached to an aromatic ring is 1. The predicted molar refractivity (Wildman–Crippen MR) is 70.3 cm³/mol. The summed E-state index contributed by atoms with van der Waals surface area (Å²) in [5.41, 5.74) is 7.43. The number of nitrogens with zero attached hydrogens (tertiary/aromatic N) is 4. The Balaban J connectivity index is 2.35. The Labute approximate surface area is 108 Å². The fraction of sp³-hybridized carbons (Fsp3) is 0.364. The molecule has 0 amide bonds. The van der Waals surface area contributed by atoms with Gasteiger partial charge in [-0.3, -0.25) is 0 Å². The van der Waals surface area contributed by atoms with Crippen molar-refractivity contribution in [3.05, 3.63) is 22.7 Å². The molecule has 0 saturated carbocycles. The number of aryl methyl sites for hydroxylation is 1. The number of tetrazole rings is 1. The number of hydrogen-bond donors (Lipinski definition) is 1. The molecule has 0 atom stereocenters. The number of nitrogens with two attached hydrogens (primary N) is 1. The maximum Gasteiger partial charge on any atom is 0.182 e. The SMILES string of the molecule is CCCCn1nnnc1-c1cc(N)cc(Br)c1. The number of aromatic nitrogens is 4. The topological polar surface area (TPSA) is 69.6 Å². The van der Waals surface area contributed by atoms with E-state index < -0.39 is 0 Å². The molecule has 0 saturated heterocycles. The summed E-state index contributed by atoms with van der Waals surface area (Å²) in [6.07, 6.45) is 2.17. The molecule has 1 aromatic carbocycles. The molecule has 5 nitrogen and oxygen atoms in total. The number of hydrogen-bond acceptors (Lipinski definition) is 4. The highest BCUT2D eigenvalue weighted by molar-refractivity contribution is 9.10. The van der Waals surface area contributed by atoms with E-state index in [1.807, 2.05) is 22.9 Å². The Bertz CT molecular complexity index is 488. The van der Waals surface area contributed by atoms with Gasteiger partial charge in [0.05, 0.1) is 0 Å². The zero-order chi connectivity index (χ0) is 12.3. The third kappa shape index (κ3) is 2.82. The Hall–Kier alpha value is -1.43. The number of rotatable bonds is 4. The van der Waals surface area contributed by atoms with Crippen molar-refractivity contribution in [2.75, 3.05) is 5.73 Å². The average molecular weight is 296 g/mol. The van der Waals surface area contributed by atoms with Crippen LogP contribution < -0.4 is 5.73 Å². The number of benzene rings is 1. The van der Waals surface area contributed by atoms with Crippen LogP contribution in [0.15, 0.2) is 22.7 Å². The zero-order valence-electron chi connectivity index (χ0n) is 9.60. The van der Waals surface area contributed by atoms with Gasteiger partial charge in [0.25, 0.3) is 0 Å². The first-order chi connectivity index (χ1) is 8.20. The third-order valence-corrected chi connectivity index (χ3v) is 2.89. The molecule has 0 radical (unpaired) electrons. The summed E-state index contributed by atoms with van der Waals surface area (Å²) < 4.78 is 2.74. The summed E-state index contributed by atoms with van der Waals surface area (Å²) in [6, 6.07) is 5.69. The van der Waals surface area contributed by atoms with Crippen LogP contribution in [-0.4, -0.2) is 20.2 Å². The van der Waals surface area contributed by atoms with Gasteiger partial charge in [-0.05, 0) is 35.0 Å². The minimum absolute atomic E-state index is 0.694. The highest BCUT2D eigenvalue weighted by Gasteiger charge is 2.09. The van der Waals surface area contributed by atoms with E-state index in [2.05, 4.69) is 38.4 Å². The van der Waals surface area contributed by atoms with Gasteiger partial charge in [0.15, 0.2) is 5.82 Å². The van der Waals surface area contributed by atoms with E-state index in [9.17, 15) is 0 Å². The molecular weight excluding hydrogens is 282 g/mol. The van der Waals surface area contributed by atoms with Crippen molar-refractivity contribution in [3.8, 4) is 11.4 Å². The second kappa shape index (κ2) is 5.27. The van der Waals surface area contributed by atoms with Gasteiger partial charge in [-0.25, -0.2) is 4.68 Å². The summed E-state index contributed by atoms with van der Waals surface area (Å²) in [4.78, 5) is 0. The number of unbranched alkanes of at least 4 members (excludes halogenated alkanes) is 1. The molecule has 17 heavy (non-hydrogen) atoms. The van der Waals surface area contributed by atoms with Crippen molar-refractivity contribution in [3.63, 3.8) is 0 Å². The molecule has 1 aromatic heterocycles. The molecule has 0 unspecified atom stereocenters. The average Bonchev–Trinajstić information content (AvgIpc) is 2.73. The molecule has 0 aliphatic carbocycles. The fourth-order valence-corrected chi connectivity index (χ4v) is 2.12. The van der Waals surface area contributed by atoms with E-state index in [4.69, 9.17) is 5.73 Å². The minimum Gasteiger partial charge on any atom is -0.399 e. The molecule has 6 heteroatoms. The van der Waals surface area contributed by atoms with Crippen LogP contribution in [0.3, 0.4) is 0 Å². The molecule has 0 aliphatic rings. The van der Waals surface area contributed by atoms with Crippen LogP contribution in [0.5, 0.6) is 0 Å². The standard InChI is InChI=1S/C11H14BrN5/c1-2-3-4-17-11(14-15-16-17)8-5-9(12)7-10(13)6-8/h5-7H,2-4,13H2,1H3. The van der Waals surface area contributed by atoms with Crippen LogP contribution in [0.4, 0.5) is 5.69 Å². The lowest BCUT2D eigenvalue weighted by Crippen LogP contribution is -2.03. The second-order valence-corrected chi connectivity index (χ2v) is 4.77. The molecule has 0 fully saturated rings.